The van der Waals surface area contributed by atoms with E-state index < -0.39 is 21.3 Å². The first kappa shape index (κ1) is 16.6. The van der Waals surface area contributed by atoms with Crippen LogP contribution in [0.3, 0.4) is 0 Å². The Morgan fingerprint density at radius 1 is 0.962 bits per heavy atom. The zero-order valence-electron chi connectivity index (χ0n) is 13.9. The molecular formula is C18H17N3O4S. The molecule has 2 heterocycles. The van der Waals surface area contributed by atoms with Crippen LogP contribution in [0.2, 0.25) is 0 Å². The first-order valence-corrected chi connectivity index (χ1v) is 9.78. The number of aromatic amines is 2. The van der Waals surface area contributed by atoms with Crippen LogP contribution in [0.15, 0.2) is 56.9 Å². The minimum absolute atomic E-state index is 0.0271. The van der Waals surface area contributed by atoms with Crippen LogP contribution in [0.4, 0.5) is 5.69 Å². The van der Waals surface area contributed by atoms with Gasteiger partial charge in [0.2, 0.25) is 0 Å². The van der Waals surface area contributed by atoms with Gasteiger partial charge in [0.05, 0.1) is 21.5 Å². The van der Waals surface area contributed by atoms with Crippen molar-refractivity contribution in [3.63, 3.8) is 0 Å². The van der Waals surface area contributed by atoms with E-state index in [9.17, 15) is 18.0 Å². The molecule has 0 saturated heterocycles. The second kappa shape index (κ2) is 6.14. The summed E-state index contributed by atoms with van der Waals surface area (Å²) >= 11 is 0. The van der Waals surface area contributed by atoms with Crippen LogP contribution >= 0.6 is 0 Å². The third-order valence-electron chi connectivity index (χ3n) is 4.62. The quantitative estimate of drug-likeness (QED) is 0.716. The molecule has 0 atom stereocenters. The van der Waals surface area contributed by atoms with E-state index >= 15 is 0 Å². The number of benzene rings is 2. The van der Waals surface area contributed by atoms with E-state index in [0.29, 0.717) is 17.7 Å². The summed E-state index contributed by atoms with van der Waals surface area (Å²) in [4.78, 5) is 28.0. The number of sulfonamides is 1. The fraction of sp³-hybridized carbons (Fsp3) is 0.222. The predicted octanol–water partition coefficient (Wildman–Crippen LogP) is 1.75. The lowest BCUT2D eigenvalue weighted by molar-refractivity contribution is 0.589. The zero-order chi connectivity index (χ0) is 18.3. The number of H-pyrrole nitrogens is 2. The topological polar surface area (TPSA) is 103 Å². The van der Waals surface area contributed by atoms with E-state index in [1.807, 2.05) is 24.3 Å². The van der Waals surface area contributed by atoms with Gasteiger partial charge in [0.1, 0.15) is 0 Å². The lowest BCUT2D eigenvalue weighted by atomic mass is 10.1. The highest BCUT2D eigenvalue weighted by Gasteiger charge is 2.28. The second-order valence-corrected chi connectivity index (χ2v) is 8.14. The molecule has 0 fully saturated rings. The minimum Gasteiger partial charge on any atom is -0.307 e. The third kappa shape index (κ3) is 2.72. The molecular weight excluding hydrogens is 354 g/mol. The van der Waals surface area contributed by atoms with Crippen molar-refractivity contribution in [1.29, 1.82) is 0 Å². The molecule has 0 bridgehead atoms. The Morgan fingerprint density at radius 2 is 1.77 bits per heavy atom. The normalized spacial score (nSPS) is 14.8. The molecule has 7 nitrogen and oxygen atoms in total. The number of para-hydroxylation sites is 1. The molecule has 0 aliphatic carbocycles. The summed E-state index contributed by atoms with van der Waals surface area (Å²) < 4.78 is 27.9. The van der Waals surface area contributed by atoms with Gasteiger partial charge in [-0.2, -0.15) is 0 Å². The minimum atomic E-state index is -3.83. The van der Waals surface area contributed by atoms with Crippen molar-refractivity contribution < 1.29 is 8.42 Å². The van der Waals surface area contributed by atoms with Gasteiger partial charge in [0.25, 0.3) is 15.6 Å². The van der Waals surface area contributed by atoms with E-state index in [1.54, 1.807) is 0 Å². The number of aromatic nitrogens is 2. The maximum Gasteiger partial charge on any atom is 0.326 e. The highest BCUT2D eigenvalue weighted by atomic mass is 32.2. The van der Waals surface area contributed by atoms with E-state index in [-0.39, 0.29) is 10.3 Å². The number of rotatable bonds is 2. The summed E-state index contributed by atoms with van der Waals surface area (Å²) in [5, 5.41) is 0.133. The Morgan fingerprint density at radius 3 is 2.62 bits per heavy atom. The number of hydrogen-bond acceptors (Lipinski definition) is 4. The SMILES string of the molecule is O=c1[nH]c(=O)c2cc(S(=O)(=O)N3CCCCc4ccccc43)ccc2[nH]1. The van der Waals surface area contributed by atoms with Gasteiger partial charge in [-0.1, -0.05) is 18.2 Å². The van der Waals surface area contributed by atoms with Gasteiger partial charge in [-0.25, -0.2) is 13.2 Å². The van der Waals surface area contributed by atoms with Crippen LogP contribution in [0.1, 0.15) is 18.4 Å². The summed E-state index contributed by atoms with van der Waals surface area (Å²) in [7, 11) is -3.83. The van der Waals surface area contributed by atoms with Crippen LogP contribution in [0.5, 0.6) is 0 Å². The van der Waals surface area contributed by atoms with Gasteiger partial charge in [-0.3, -0.25) is 14.1 Å². The van der Waals surface area contributed by atoms with Crippen molar-refractivity contribution in [1.82, 2.24) is 9.97 Å². The Bertz CT molecular complexity index is 1210. The van der Waals surface area contributed by atoms with Gasteiger partial charge in [0, 0.05) is 6.54 Å². The number of aryl methyl sites for hydroxylation is 1. The van der Waals surface area contributed by atoms with Crippen molar-refractivity contribution in [2.45, 2.75) is 24.2 Å². The maximum atomic E-state index is 13.3. The van der Waals surface area contributed by atoms with Crippen molar-refractivity contribution in [3.05, 3.63) is 68.9 Å². The summed E-state index contributed by atoms with van der Waals surface area (Å²) in [6.07, 6.45) is 2.51. The number of hydrogen-bond donors (Lipinski definition) is 2. The molecule has 1 aromatic heterocycles. The molecule has 0 radical (unpaired) electrons. The Kier molecular flexibility index (Phi) is 3.91. The first-order chi connectivity index (χ1) is 12.5. The second-order valence-electron chi connectivity index (χ2n) is 6.28. The van der Waals surface area contributed by atoms with Crippen molar-refractivity contribution in [3.8, 4) is 0 Å². The Hall–Kier alpha value is -2.87. The van der Waals surface area contributed by atoms with Gasteiger partial charge in [-0.05, 0) is 49.1 Å². The fourth-order valence-electron chi connectivity index (χ4n) is 3.34. The largest absolute Gasteiger partial charge is 0.326 e. The summed E-state index contributed by atoms with van der Waals surface area (Å²) in [5.41, 5.74) is 0.739. The average molecular weight is 371 g/mol. The van der Waals surface area contributed by atoms with Crippen LogP contribution in [-0.4, -0.2) is 24.9 Å². The molecule has 2 aromatic carbocycles. The van der Waals surface area contributed by atoms with Gasteiger partial charge < -0.3 is 4.98 Å². The number of nitrogens with one attached hydrogen (secondary N) is 2. The molecule has 0 saturated carbocycles. The van der Waals surface area contributed by atoms with Crippen molar-refractivity contribution in [2.75, 3.05) is 10.8 Å². The number of fused-ring (bicyclic) bond motifs is 2. The molecule has 134 valence electrons. The Labute approximate surface area is 149 Å². The van der Waals surface area contributed by atoms with Crippen molar-refractivity contribution in [2.24, 2.45) is 0 Å². The van der Waals surface area contributed by atoms with Crippen LogP contribution in [0, 0.1) is 0 Å². The van der Waals surface area contributed by atoms with Gasteiger partial charge in [-0.15, -0.1) is 0 Å². The number of anilines is 1. The van der Waals surface area contributed by atoms with E-state index in [2.05, 4.69) is 9.97 Å². The molecule has 26 heavy (non-hydrogen) atoms. The van der Waals surface area contributed by atoms with Gasteiger partial charge in [0.15, 0.2) is 0 Å². The highest BCUT2D eigenvalue weighted by Crippen LogP contribution is 2.31. The summed E-state index contributed by atoms with van der Waals surface area (Å²) in [6, 6.07) is 11.7. The molecule has 2 N–H and O–H groups in total. The lowest BCUT2D eigenvalue weighted by Crippen LogP contribution is -2.32. The van der Waals surface area contributed by atoms with Crippen LogP contribution < -0.4 is 15.6 Å². The molecule has 8 heteroatoms. The highest BCUT2D eigenvalue weighted by molar-refractivity contribution is 7.92. The summed E-state index contributed by atoms with van der Waals surface area (Å²) in [5.74, 6) is 0. The smallest absolute Gasteiger partial charge is 0.307 e. The van der Waals surface area contributed by atoms with Crippen LogP contribution in [0.25, 0.3) is 10.9 Å². The van der Waals surface area contributed by atoms with Gasteiger partial charge >= 0.3 is 5.69 Å². The molecule has 0 spiro atoms. The van der Waals surface area contributed by atoms with E-state index in [4.69, 9.17) is 0 Å². The molecule has 4 rings (SSSR count). The molecule has 0 unspecified atom stereocenters. The van der Waals surface area contributed by atoms with Crippen LogP contribution in [-0.2, 0) is 16.4 Å². The molecule has 3 aromatic rings. The molecule has 1 aliphatic heterocycles. The zero-order valence-corrected chi connectivity index (χ0v) is 14.7. The monoisotopic (exact) mass is 371 g/mol. The predicted molar refractivity (Wildman–Crippen MR) is 99.1 cm³/mol. The maximum absolute atomic E-state index is 13.3. The Balaban J connectivity index is 1.88. The number of nitrogens with zero attached hydrogens (tertiary/aromatic N) is 1. The molecule has 1 aliphatic rings. The van der Waals surface area contributed by atoms with E-state index in [1.165, 1.54) is 22.5 Å². The van der Waals surface area contributed by atoms with E-state index in [0.717, 1.165) is 24.8 Å². The fourth-order valence-corrected chi connectivity index (χ4v) is 4.91. The average Bonchev–Trinajstić information content (AvgIpc) is 2.84. The van der Waals surface area contributed by atoms with Crippen molar-refractivity contribution >= 4 is 26.6 Å². The first-order valence-electron chi connectivity index (χ1n) is 8.34. The standard InChI is InChI=1S/C18H17N3O4S/c22-17-14-11-13(8-9-15(14)19-18(23)20-17)26(24,25)21-10-4-3-6-12-5-1-2-7-16(12)21/h1-2,5,7-9,11H,3-4,6,10H2,(H2,19,20,22,23). The summed E-state index contributed by atoms with van der Waals surface area (Å²) in [6.45, 7) is 0.388. The lowest BCUT2D eigenvalue weighted by Gasteiger charge is -2.24. The molecule has 0 amide bonds. The third-order valence-corrected chi connectivity index (χ3v) is 6.43.